The van der Waals surface area contributed by atoms with Gasteiger partial charge in [-0.05, 0) is 13.0 Å². The summed E-state index contributed by atoms with van der Waals surface area (Å²) in [6.07, 6.45) is 1.48. The number of hydrogen-bond acceptors (Lipinski definition) is 1. The van der Waals surface area contributed by atoms with Crippen LogP contribution in [0.5, 0.6) is 0 Å². The van der Waals surface area contributed by atoms with Crippen LogP contribution in [-0.2, 0) is 0 Å². The van der Waals surface area contributed by atoms with E-state index in [9.17, 15) is 0 Å². The number of hydrogen-bond donors (Lipinski definition) is 1. The molecule has 0 aliphatic heterocycles. The predicted octanol–water partition coefficient (Wildman–Crippen LogP) is 2.09. The Morgan fingerprint density at radius 1 is 1.50 bits per heavy atom. The fraction of sp³-hybridized carbons (Fsp3) is 0.375. The van der Waals surface area contributed by atoms with Crippen LogP contribution < -0.4 is 5.73 Å². The fourth-order valence-corrected chi connectivity index (χ4v) is 0.266. The molecule has 0 bridgehead atoms. The Morgan fingerprint density at radius 3 is 2.00 bits per heavy atom. The van der Waals surface area contributed by atoms with Crippen molar-refractivity contribution in [3.8, 4) is 0 Å². The highest BCUT2D eigenvalue weighted by Crippen LogP contribution is 1.86. The first-order valence-corrected chi connectivity index (χ1v) is 3.29. The molecular weight excluding hydrogens is 124 g/mol. The summed E-state index contributed by atoms with van der Waals surface area (Å²) in [6, 6.07) is 0. The van der Waals surface area contributed by atoms with Gasteiger partial charge in [-0.15, -0.1) is 0 Å². The summed E-state index contributed by atoms with van der Waals surface area (Å²) in [4.78, 5) is 3.78. The molecule has 10 heavy (non-hydrogen) atoms. The van der Waals surface area contributed by atoms with Gasteiger partial charge in [-0.1, -0.05) is 27.0 Å². The first kappa shape index (κ1) is 11.7. The van der Waals surface area contributed by atoms with Crippen molar-refractivity contribution in [2.45, 2.75) is 20.8 Å². The van der Waals surface area contributed by atoms with Crippen LogP contribution in [0, 0.1) is 0 Å². The van der Waals surface area contributed by atoms with Gasteiger partial charge in [0, 0.05) is 5.70 Å². The highest BCUT2D eigenvalue weighted by atomic mass is 14.8. The Kier molecular flexibility index (Phi) is 9.31. The van der Waals surface area contributed by atoms with Gasteiger partial charge in [0.1, 0.15) is 5.84 Å². The highest BCUT2D eigenvalue weighted by Gasteiger charge is 1.78. The van der Waals surface area contributed by atoms with Crippen LogP contribution in [0.25, 0.3) is 0 Å². The summed E-state index contributed by atoms with van der Waals surface area (Å²) in [6.45, 7) is 12.7. The number of rotatable bonds is 2. The monoisotopic (exact) mass is 140 g/mol. The quantitative estimate of drug-likeness (QED) is 0.463. The second-order valence-electron chi connectivity index (χ2n) is 1.48. The molecule has 0 saturated carbocycles. The Labute approximate surface area is 63.2 Å². The summed E-state index contributed by atoms with van der Waals surface area (Å²) in [5.74, 6) is 0.414. The van der Waals surface area contributed by atoms with E-state index in [0.29, 0.717) is 11.5 Å². The van der Waals surface area contributed by atoms with Gasteiger partial charge >= 0.3 is 0 Å². The van der Waals surface area contributed by atoms with Crippen molar-refractivity contribution in [2.24, 2.45) is 10.7 Å². The lowest BCUT2D eigenvalue weighted by molar-refractivity contribution is 1.31. The van der Waals surface area contributed by atoms with E-state index < -0.39 is 0 Å². The zero-order valence-corrected chi connectivity index (χ0v) is 7.02. The van der Waals surface area contributed by atoms with Gasteiger partial charge in [0.15, 0.2) is 0 Å². The maximum atomic E-state index is 5.24. The SMILES string of the molecule is C=CC(N)=NC(=C)C.CC. The van der Waals surface area contributed by atoms with E-state index in [1.165, 1.54) is 6.08 Å². The molecule has 0 aliphatic carbocycles. The Bertz CT molecular complexity index is 134. The van der Waals surface area contributed by atoms with Crippen LogP contribution in [0.2, 0.25) is 0 Å². The van der Waals surface area contributed by atoms with E-state index in [0.717, 1.165) is 0 Å². The lowest BCUT2D eigenvalue weighted by Crippen LogP contribution is -2.06. The second kappa shape index (κ2) is 7.95. The highest BCUT2D eigenvalue weighted by molar-refractivity contribution is 5.91. The Balaban J connectivity index is 0. The third-order valence-corrected chi connectivity index (χ3v) is 0.529. The van der Waals surface area contributed by atoms with Gasteiger partial charge in [0.25, 0.3) is 0 Å². The minimum atomic E-state index is 0.414. The third kappa shape index (κ3) is 10.0. The molecule has 0 aromatic heterocycles. The first-order valence-electron chi connectivity index (χ1n) is 3.29. The van der Waals surface area contributed by atoms with Crippen molar-refractivity contribution >= 4 is 5.84 Å². The van der Waals surface area contributed by atoms with Crippen molar-refractivity contribution in [1.82, 2.24) is 0 Å². The van der Waals surface area contributed by atoms with Crippen LogP contribution in [0.1, 0.15) is 20.8 Å². The van der Waals surface area contributed by atoms with Crippen LogP contribution in [0.3, 0.4) is 0 Å². The number of amidine groups is 1. The lowest BCUT2D eigenvalue weighted by atomic mass is 10.5. The van der Waals surface area contributed by atoms with Crippen molar-refractivity contribution in [1.29, 1.82) is 0 Å². The molecular formula is C8H16N2. The summed E-state index contributed by atoms with van der Waals surface area (Å²) < 4.78 is 0. The molecule has 2 nitrogen and oxygen atoms in total. The lowest BCUT2D eigenvalue weighted by Gasteiger charge is -1.88. The smallest absolute Gasteiger partial charge is 0.122 e. The summed E-state index contributed by atoms with van der Waals surface area (Å²) in [5.41, 5.74) is 5.94. The largest absolute Gasteiger partial charge is 0.384 e. The predicted molar refractivity (Wildman–Crippen MR) is 48.0 cm³/mol. The molecule has 0 rings (SSSR count). The fourth-order valence-electron chi connectivity index (χ4n) is 0.266. The molecule has 0 radical (unpaired) electrons. The van der Waals surface area contributed by atoms with E-state index in [4.69, 9.17) is 5.73 Å². The molecule has 0 aromatic carbocycles. The first-order chi connectivity index (χ1) is 4.66. The maximum absolute atomic E-state index is 5.24. The zero-order chi connectivity index (χ0) is 8.57. The van der Waals surface area contributed by atoms with Crippen molar-refractivity contribution < 1.29 is 0 Å². The zero-order valence-electron chi connectivity index (χ0n) is 7.02. The summed E-state index contributed by atoms with van der Waals surface area (Å²) in [5, 5.41) is 0. The van der Waals surface area contributed by atoms with Crippen LogP contribution in [0.15, 0.2) is 29.9 Å². The number of aliphatic imine (C=N–C) groups is 1. The molecule has 0 fully saturated rings. The van der Waals surface area contributed by atoms with Crippen LogP contribution in [0.4, 0.5) is 0 Å². The maximum Gasteiger partial charge on any atom is 0.122 e. The Hall–Kier alpha value is -1.05. The average Bonchev–Trinajstić information content (AvgIpc) is 1.91. The van der Waals surface area contributed by atoms with Crippen LogP contribution in [-0.4, -0.2) is 5.84 Å². The molecule has 0 unspecified atom stereocenters. The molecule has 0 saturated heterocycles. The summed E-state index contributed by atoms with van der Waals surface area (Å²) in [7, 11) is 0. The minimum absolute atomic E-state index is 0.414. The molecule has 0 heterocycles. The van der Waals surface area contributed by atoms with Crippen molar-refractivity contribution in [2.75, 3.05) is 0 Å². The van der Waals surface area contributed by atoms with Gasteiger partial charge in [-0.25, -0.2) is 4.99 Å². The van der Waals surface area contributed by atoms with E-state index in [-0.39, 0.29) is 0 Å². The second-order valence-corrected chi connectivity index (χ2v) is 1.48. The number of allylic oxidation sites excluding steroid dienone is 1. The number of nitrogens with two attached hydrogens (primary N) is 1. The molecule has 0 aliphatic rings. The van der Waals surface area contributed by atoms with E-state index >= 15 is 0 Å². The molecule has 2 heteroatoms. The number of nitrogens with zero attached hydrogens (tertiary/aromatic N) is 1. The molecule has 2 N–H and O–H groups in total. The molecule has 0 amide bonds. The van der Waals surface area contributed by atoms with Crippen molar-refractivity contribution in [3.63, 3.8) is 0 Å². The summed E-state index contributed by atoms with van der Waals surface area (Å²) >= 11 is 0. The standard InChI is InChI=1S/C6H10N2.C2H6/c1-4-6(7)8-5(2)3;1-2/h4H,1-2H2,3H3,(H2,7,8);1-2H3. The topological polar surface area (TPSA) is 38.4 Å². The molecule has 0 atom stereocenters. The Morgan fingerprint density at radius 2 is 1.90 bits per heavy atom. The van der Waals surface area contributed by atoms with E-state index in [2.05, 4.69) is 18.2 Å². The average molecular weight is 140 g/mol. The normalized spacial score (nSPS) is 9.30. The van der Waals surface area contributed by atoms with Gasteiger partial charge in [-0.2, -0.15) is 0 Å². The molecule has 0 spiro atoms. The van der Waals surface area contributed by atoms with E-state index in [1.54, 1.807) is 6.92 Å². The molecule has 0 aromatic rings. The minimum Gasteiger partial charge on any atom is -0.384 e. The molecule has 58 valence electrons. The third-order valence-electron chi connectivity index (χ3n) is 0.529. The van der Waals surface area contributed by atoms with Gasteiger partial charge in [0.2, 0.25) is 0 Å². The van der Waals surface area contributed by atoms with Crippen molar-refractivity contribution in [3.05, 3.63) is 24.9 Å². The van der Waals surface area contributed by atoms with E-state index in [1.807, 2.05) is 13.8 Å². The van der Waals surface area contributed by atoms with Gasteiger partial charge < -0.3 is 5.73 Å². The van der Waals surface area contributed by atoms with Crippen LogP contribution >= 0.6 is 0 Å². The van der Waals surface area contributed by atoms with Gasteiger partial charge in [0.05, 0.1) is 0 Å². The van der Waals surface area contributed by atoms with Gasteiger partial charge in [-0.3, -0.25) is 0 Å².